The molecule has 0 unspecified atom stereocenters. The Labute approximate surface area is 118 Å². The first kappa shape index (κ1) is 13.0. The van der Waals surface area contributed by atoms with Gasteiger partial charge in [0.25, 0.3) is 0 Å². The highest BCUT2D eigenvalue weighted by molar-refractivity contribution is 9.10. The molecule has 1 aliphatic rings. The van der Waals surface area contributed by atoms with Crippen LogP contribution < -0.4 is 10.5 Å². The third kappa shape index (κ3) is 2.12. The summed E-state index contributed by atoms with van der Waals surface area (Å²) in [6.07, 6.45) is 0. The number of allylic oxidation sites excluding steroid dienone is 1. The molecule has 0 aromatic heterocycles. The van der Waals surface area contributed by atoms with Crippen molar-refractivity contribution < 1.29 is 4.74 Å². The molecule has 0 fully saturated rings. The Hall–Kier alpha value is -2.49. The maximum Gasteiger partial charge on any atom is 0.205 e. The highest BCUT2D eigenvalue weighted by atomic mass is 79.9. The van der Waals surface area contributed by atoms with Crippen LogP contribution in [-0.2, 0) is 0 Å². The first-order chi connectivity index (χ1) is 9.12. The van der Waals surface area contributed by atoms with Crippen molar-refractivity contribution in [3.05, 3.63) is 39.7 Å². The number of nitrogens with two attached hydrogens (primary N) is 1. The zero-order chi connectivity index (χ0) is 14.0. The number of rotatable bonds is 1. The molecule has 2 rings (SSSR count). The fraction of sp³-hybridized carbons (Fsp3) is 0.154. The fourth-order valence-electron chi connectivity index (χ4n) is 1.99. The van der Waals surface area contributed by atoms with Gasteiger partial charge < -0.3 is 10.5 Å². The molecule has 0 spiro atoms. The van der Waals surface area contributed by atoms with Gasteiger partial charge in [0.2, 0.25) is 5.88 Å². The van der Waals surface area contributed by atoms with Gasteiger partial charge in [-0.25, -0.2) is 0 Å². The highest BCUT2D eigenvalue weighted by Gasteiger charge is 2.35. The topological polar surface area (TPSA) is 107 Å². The molecular formula is C13H7BrN4O. The number of nitrogens with zero attached hydrogens (tertiary/aromatic N) is 3. The summed E-state index contributed by atoms with van der Waals surface area (Å²) in [6.45, 7) is 0. The average molecular weight is 315 g/mol. The Morgan fingerprint density at radius 1 is 1.26 bits per heavy atom. The van der Waals surface area contributed by atoms with Crippen molar-refractivity contribution in [3.8, 4) is 24.0 Å². The van der Waals surface area contributed by atoms with Gasteiger partial charge in [0.1, 0.15) is 17.7 Å². The minimum atomic E-state index is -0.995. The van der Waals surface area contributed by atoms with E-state index in [-0.39, 0.29) is 11.5 Å². The number of halogens is 1. The van der Waals surface area contributed by atoms with E-state index in [0.29, 0.717) is 11.3 Å². The molecule has 2 N–H and O–H groups in total. The van der Waals surface area contributed by atoms with Gasteiger partial charge >= 0.3 is 0 Å². The lowest BCUT2D eigenvalue weighted by atomic mass is 9.80. The molecular weight excluding hydrogens is 308 g/mol. The normalized spacial score (nSPS) is 16.9. The summed E-state index contributed by atoms with van der Waals surface area (Å²) >= 11 is 3.32. The summed E-state index contributed by atoms with van der Waals surface area (Å²) < 4.78 is 6.13. The summed E-state index contributed by atoms with van der Waals surface area (Å²) in [4.78, 5) is 0. The van der Waals surface area contributed by atoms with Gasteiger partial charge in [0, 0.05) is 10.0 Å². The molecule has 19 heavy (non-hydrogen) atoms. The van der Waals surface area contributed by atoms with Crippen LogP contribution in [0.5, 0.6) is 5.75 Å². The van der Waals surface area contributed by atoms with Gasteiger partial charge in [0.15, 0.2) is 0 Å². The molecule has 1 aromatic carbocycles. The highest BCUT2D eigenvalue weighted by Crippen LogP contribution is 2.42. The summed E-state index contributed by atoms with van der Waals surface area (Å²) in [5, 5.41) is 27.3. The van der Waals surface area contributed by atoms with E-state index in [9.17, 15) is 0 Å². The summed E-state index contributed by atoms with van der Waals surface area (Å²) in [7, 11) is 0. The average Bonchev–Trinajstić information content (AvgIpc) is 2.40. The van der Waals surface area contributed by atoms with Crippen LogP contribution in [0.25, 0.3) is 0 Å². The fourth-order valence-corrected chi connectivity index (χ4v) is 2.37. The molecule has 1 atom stereocenters. The van der Waals surface area contributed by atoms with Gasteiger partial charge in [-0.05, 0) is 18.2 Å². The van der Waals surface area contributed by atoms with Crippen molar-refractivity contribution in [2.45, 2.75) is 5.92 Å². The van der Waals surface area contributed by atoms with Crippen molar-refractivity contribution in [1.29, 1.82) is 15.8 Å². The molecule has 5 nitrogen and oxygen atoms in total. The molecule has 0 saturated carbocycles. The monoisotopic (exact) mass is 314 g/mol. The third-order valence-corrected chi connectivity index (χ3v) is 3.33. The number of fused-ring (bicyclic) bond motifs is 1. The Balaban J connectivity index is 2.68. The largest absolute Gasteiger partial charge is 0.440 e. The predicted octanol–water partition coefficient (Wildman–Crippen LogP) is 2.28. The smallest absolute Gasteiger partial charge is 0.205 e. The van der Waals surface area contributed by atoms with E-state index >= 15 is 0 Å². The maximum atomic E-state index is 9.17. The lowest BCUT2D eigenvalue weighted by molar-refractivity contribution is 0.383. The number of hydrogen-bond acceptors (Lipinski definition) is 5. The van der Waals surface area contributed by atoms with E-state index in [1.807, 2.05) is 18.2 Å². The first-order valence-electron chi connectivity index (χ1n) is 5.28. The molecule has 0 amide bonds. The number of hydrogen-bond donors (Lipinski definition) is 1. The Bertz CT molecular complexity index is 676. The van der Waals surface area contributed by atoms with Gasteiger partial charge in [-0.15, -0.1) is 0 Å². The molecule has 1 aliphatic heterocycles. The molecule has 1 heterocycles. The lowest BCUT2D eigenvalue weighted by Crippen LogP contribution is -2.24. The van der Waals surface area contributed by atoms with Crippen molar-refractivity contribution in [1.82, 2.24) is 0 Å². The quantitative estimate of drug-likeness (QED) is 0.855. The van der Waals surface area contributed by atoms with Crippen LogP contribution in [0.1, 0.15) is 11.5 Å². The molecule has 0 saturated heterocycles. The third-order valence-electron chi connectivity index (χ3n) is 2.84. The van der Waals surface area contributed by atoms with E-state index in [1.54, 1.807) is 18.2 Å². The van der Waals surface area contributed by atoms with Gasteiger partial charge in [-0.3, -0.25) is 0 Å². The second-order valence-corrected chi connectivity index (χ2v) is 4.80. The SMILES string of the molecule is N#CC1=C(N)Oc2ccc(Br)cc2[C@H]1C(C#N)C#N. The van der Waals surface area contributed by atoms with Crippen molar-refractivity contribution in [2.24, 2.45) is 11.7 Å². The van der Waals surface area contributed by atoms with E-state index in [2.05, 4.69) is 15.9 Å². The Morgan fingerprint density at radius 3 is 2.53 bits per heavy atom. The van der Waals surface area contributed by atoms with Gasteiger partial charge in [0.05, 0.1) is 23.6 Å². The van der Waals surface area contributed by atoms with Crippen molar-refractivity contribution >= 4 is 15.9 Å². The maximum absolute atomic E-state index is 9.17. The van der Waals surface area contributed by atoms with Crippen LogP contribution in [0.4, 0.5) is 0 Å². The van der Waals surface area contributed by atoms with Crippen LogP contribution in [0.3, 0.4) is 0 Å². The molecule has 1 aromatic rings. The lowest BCUT2D eigenvalue weighted by Gasteiger charge is -2.26. The first-order valence-corrected chi connectivity index (χ1v) is 6.08. The summed E-state index contributed by atoms with van der Waals surface area (Å²) in [5.41, 5.74) is 6.40. The Kier molecular flexibility index (Phi) is 3.42. The molecule has 0 bridgehead atoms. The minimum Gasteiger partial charge on any atom is -0.440 e. The molecule has 0 aliphatic carbocycles. The second kappa shape index (κ2) is 5.02. The number of benzene rings is 1. The van der Waals surface area contributed by atoms with Crippen LogP contribution in [0.2, 0.25) is 0 Å². The molecule has 0 radical (unpaired) electrons. The van der Waals surface area contributed by atoms with Crippen molar-refractivity contribution in [3.63, 3.8) is 0 Å². The van der Waals surface area contributed by atoms with E-state index < -0.39 is 11.8 Å². The summed E-state index contributed by atoms with van der Waals surface area (Å²) in [6, 6.07) is 10.9. The van der Waals surface area contributed by atoms with Gasteiger partial charge in [-0.1, -0.05) is 15.9 Å². The van der Waals surface area contributed by atoms with Crippen LogP contribution >= 0.6 is 15.9 Å². The van der Waals surface area contributed by atoms with E-state index in [1.165, 1.54) is 0 Å². The summed E-state index contributed by atoms with van der Waals surface area (Å²) in [5.74, 6) is -1.29. The van der Waals surface area contributed by atoms with Gasteiger partial charge in [-0.2, -0.15) is 15.8 Å². The zero-order valence-electron chi connectivity index (χ0n) is 9.59. The minimum absolute atomic E-state index is 0.0576. The van der Waals surface area contributed by atoms with Crippen LogP contribution in [-0.4, -0.2) is 0 Å². The van der Waals surface area contributed by atoms with Crippen LogP contribution in [0, 0.1) is 39.9 Å². The van der Waals surface area contributed by atoms with E-state index in [4.69, 9.17) is 26.3 Å². The van der Waals surface area contributed by atoms with Crippen LogP contribution in [0.15, 0.2) is 34.1 Å². The number of ether oxygens (including phenoxy) is 1. The predicted molar refractivity (Wildman–Crippen MR) is 69.1 cm³/mol. The Morgan fingerprint density at radius 2 is 1.95 bits per heavy atom. The second-order valence-electron chi connectivity index (χ2n) is 3.89. The number of nitriles is 3. The molecule has 6 heteroatoms. The molecule has 92 valence electrons. The zero-order valence-corrected chi connectivity index (χ0v) is 11.2. The standard InChI is InChI=1S/C13H7BrN4O/c14-8-1-2-11-9(3-8)12(7(4-15)5-16)10(6-17)13(18)19-11/h1-3,7,12H,18H2/t12-/m1/s1. The van der Waals surface area contributed by atoms with Crippen molar-refractivity contribution in [2.75, 3.05) is 0 Å². The van der Waals surface area contributed by atoms with E-state index in [0.717, 1.165) is 4.47 Å².